The van der Waals surface area contributed by atoms with Gasteiger partial charge in [-0.1, -0.05) is 41.6 Å². The maximum Gasteiger partial charge on any atom is 0.188 e. The van der Waals surface area contributed by atoms with Crippen LogP contribution in [0, 0.1) is 13.8 Å². The summed E-state index contributed by atoms with van der Waals surface area (Å²) in [4.78, 5) is 8.58. The second kappa shape index (κ2) is 5.12. The minimum absolute atomic E-state index is 0.848. The fourth-order valence-electron chi connectivity index (χ4n) is 1.33. The Morgan fingerprint density at radius 2 is 1.81 bits per heavy atom. The van der Waals surface area contributed by atoms with Crippen LogP contribution in [0.2, 0.25) is 0 Å². The molecule has 0 N–H and O–H groups in total. The van der Waals surface area contributed by atoms with Crippen molar-refractivity contribution in [3.8, 4) is 0 Å². The van der Waals surface area contributed by atoms with Crippen LogP contribution >= 0.6 is 11.8 Å². The zero-order valence-electron chi connectivity index (χ0n) is 9.47. The molecule has 1 aromatic carbocycles. The minimum atomic E-state index is 0.848. The van der Waals surface area contributed by atoms with Gasteiger partial charge in [-0.2, -0.15) is 0 Å². The van der Waals surface area contributed by atoms with Crippen LogP contribution in [-0.2, 0) is 5.75 Å². The number of aryl methyl sites for hydroxylation is 2. The van der Waals surface area contributed by atoms with Crippen LogP contribution in [0.5, 0.6) is 0 Å². The molecule has 16 heavy (non-hydrogen) atoms. The van der Waals surface area contributed by atoms with Gasteiger partial charge in [-0.15, -0.1) is 0 Å². The van der Waals surface area contributed by atoms with Crippen molar-refractivity contribution in [1.29, 1.82) is 0 Å². The number of aromatic nitrogens is 2. The molecule has 82 valence electrons. The van der Waals surface area contributed by atoms with Gasteiger partial charge >= 0.3 is 0 Å². The quantitative estimate of drug-likeness (QED) is 0.597. The van der Waals surface area contributed by atoms with Crippen molar-refractivity contribution in [1.82, 2.24) is 9.97 Å². The number of thioether (sulfide) groups is 1. The molecule has 0 fully saturated rings. The highest BCUT2D eigenvalue weighted by molar-refractivity contribution is 7.98. The molecule has 0 radical (unpaired) electrons. The van der Waals surface area contributed by atoms with Crippen molar-refractivity contribution in [2.75, 3.05) is 0 Å². The van der Waals surface area contributed by atoms with Crippen LogP contribution in [-0.4, -0.2) is 9.97 Å². The first kappa shape index (κ1) is 11.1. The normalized spacial score (nSPS) is 10.4. The lowest BCUT2D eigenvalue weighted by Gasteiger charge is -2.01. The molecule has 0 amide bonds. The van der Waals surface area contributed by atoms with E-state index < -0.39 is 0 Å². The Hall–Kier alpha value is -1.35. The van der Waals surface area contributed by atoms with E-state index in [1.807, 2.05) is 13.0 Å². The molecule has 0 aliphatic heterocycles. The summed E-state index contributed by atoms with van der Waals surface area (Å²) in [5, 5.41) is 0.848. The number of rotatable bonds is 3. The predicted octanol–water partition coefficient (Wildman–Crippen LogP) is 3.39. The molecule has 0 spiro atoms. The molecule has 0 saturated carbocycles. The topological polar surface area (TPSA) is 25.8 Å². The van der Waals surface area contributed by atoms with E-state index in [4.69, 9.17) is 0 Å². The highest BCUT2D eigenvalue weighted by atomic mass is 32.2. The molecule has 2 rings (SSSR count). The lowest BCUT2D eigenvalue weighted by Crippen LogP contribution is -1.89. The van der Waals surface area contributed by atoms with E-state index in [1.165, 1.54) is 11.1 Å². The summed E-state index contributed by atoms with van der Waals surface area (Å²) in [6.07, 6.45) is 1.81. The van der Waals surface area contributed by atoms with Gasteiger partial charge in [0.15, 0.2) is 5.16 Å². The Kier molecular flexibility index (Phi) is 3.57. The molecular formula is C13H14N2S. The second-order valence-electron chi connectivity index (χ2n) is 3.75. The van der Waals surface area contributed by atoms with Crippen LogP contribution in [0.4, 0.5) is 0 Å². The monoisotopic (exact) mass is 230 g/mol. The third kappa shape index (κ3) is 3.07. The predicted molar refractivity (Wildman–Crippen MR) is 67.5 cm³/mol. The van der Waals surface area contributed by atoms with Crippen LogP contribution in [0.3, 0.4) is 0 Å². The SMILES string of the molecule is Cc1ccc(CSc2nccc(C)n2)cc1. The van der Waals surface area contributed by atoms with E-state index in [1.54, 1.807) is 18.0 Å². The van der Waals surface area contributed by atoms with Crippen molar-refractivity contribution < 1.29 is 0 Å². The number of nitrogens with zero attached hydrogens (tertiary/aromatic N) is 2. The molecule has 1 heterocycles. The van der Waals surface area contributed by atoms with Gasteiger partial charge in [0.05, 0.1) is 0 Å². The van der Waals surface area contributed by atoms with E-state index in [0.717, 1.165) is 16.6 Å². The van der Waals surface area contributed by atoms with Crippen molar-refractivity contribution in [3.05, 3.63) is 53.3 Å². The zero-order valence-corrected chi connectivity index (χ0v) is 10.3. The summed E-state index contributed by atoms with van der Waals surface area (Å²) in [6.45, 7) is 4.08. The summed E-state index contributed by atoms with van der Waals surface area (Å²) in [7, 11) is 0. The van der Waals surface area contributed by atoms with Gasteiger partial charge in [-0.25, -0.2) is 9.97 Å². The average Bonchev–Trinajstić information content (AvgIpc) is 2.28. The van der Waals surface area contributed by atoms with Gasteiger partial charge in [-0.05, 0) is 25.5 Å². The van der Waals surface area contributed by atoms with Crippen molar-refractivity contribution in [2.24, 2.45) is 0 Å². The minimum Gasteiger partial charge on any atom is -0.231 e. The van der Waals surface area contributed by atoms with E-state index >= 15 is 0 Å². The lowest BCUT2D eigenvalue weighted by atomic mass is 10.2. The second-order valence-corrected chi connectivity index (χ2v) is 4.70. The van der Waals surface area contributed by atoms with Crippen LogP contribution in [0.1, 0.15) is 16.8 Å². The number of benzene rings is 1. The van der Waals surface area contributed by atoms with Gasteiger partial charge < -0.3 is 0 Å². The zero-order chi connectivity index (χ0) is 11.4. The first-order chi connectivity index (χ1) is 7.74. The third-order valence-corrected chi connectivity index (χ3v) is 3.19. The Bertz CT molecular complexity index is 466. The molecular weight excluding hydrogens is 216 g/mol. The van der Waals surface area contributed by atoms with Gasteiger partial charge in [0, 0.05) is 17.6 Å². The van der Waals surface area contributed by atoms with Crippen LogP contribution < -0.4 is 0 Å². The van der Waals surface area contributed by atoms with E-state index in [9.17, 15) is 0 Å². The maximum atomic E-state index is 4.36. The molecule has 3 heteroatoms. The molecule has 2 aromatic rings. The summed E-state index contributed by atoms with van der Waals surface area (Å²) < 4.78 is 0. The lowest BCUT2D eigenvalue weighted by molar-refractivity contribution is 0.932. The van der Waals surface area contributed by atoms with Crippen molar-refractivity contribution in [2.45, 2.75) is 24.8 Å². The smallest absolute Gasteiger partial charge is 0.188 e. The summed E-state index contributed by atoms with van der Waals surface area (Å²) in [6, 6.07) is 10.5. The van der Waals surface area contributed by atoms with Crippen molar-refractivity contribution >= 4 is 11.8 Å². The Balaban J connectivity index is 1.99. The van der Waals surface area contributed by atoms with Gasteiger partial charge in [0.25, 0.3) is 0 Å². The van der Waals surface area contributed by atoms with Crippen molar-refractivity contribution in [3.63, 3.8) is 0 Å². The van der Waals surface area contributed by atoms with Gasteiger partial charge in [-0.3, -0.25) is 0 Å². The fraction of sp³-hybridized carbons (Fsp3) is 0.231. The Labute approximate surface area is 100 Å². The van der Waals surface area contributed by atoms with Gasteiger partial charge in [0.1, 0.15) is 0 Å². The Morgan fingerprint density at radius 1 is 1.06 bits per heavy atom. The third-order valence-electron chi connectivity index (χ3n) is 2.26. The maximum absolute atomic E-state index is 4.36. The molecule has 2 nitrogen and oxygen atoms in total. The molecule has 0 bridgehead atoms. The average molecular weight is 230 g/mol. The molecule has 0 atom stereocenters. The number of hydrogen-bond acceptors (Lipinski definition) is 3. The molecule has 0 saturated heterocycles. The molecule has 0 unspecified atom stereocenters. The fourth-order valence-corrected chi connectivity index (χ4v) is 2.16. The first-order valence-electron chi connectivity index (χ1n) is 5.22. The Morgan fingerprint density at radius 3 is 2.50 bits per heavy atom. The highest BCUT2D eigenvalue weighted by Gasteiger charge is 1.99. The molecule has 0 aliphatic carbocycles. The van der Waals surface area contributed by atoms with Gasteiger partial charge in [0.2, 0.25) is 0 Å². The summed E-state index contributed by atoms with van der Waals surface area (Å²) >= 11 is 1.67. The standard InChI is InChI=1S/C13H14N2S/c1-10-3-5-12(6-4-10)9-16-13-14-8-7-11(2)15-13/h3-8H,9H2,1-2H3. The van der Waals surface area contributed by atoms with Crippen LogP contribution in [0.25, 0.3) is 0 Å². The summed E-state index contributed by atoms with van der Waals surface area (Å²) in [5.74, 6) is 0.920. The van der Waals surface area contributed by atoms with E-state index in [2.05, 4.69) is 41.2 Å². The number of hydrogen-bond donors (Lipinski definition) is 0. The summed E-state index contributed by atoms with van der Waals surface area (Å²) in [5.41, 5.74) is 3.61. The van der Waals surface area contributed by atoms with E-state index in [0.29, 0.717) is 0 Å². The highest BCUT2D eigenvalue weighted by Crippen LogP contribution is 2.19. The van der Waals surface area contributed by atoms with E-state index in [-0.39, 0.29) is 0 Å². The largest absolute Gasteiger partial charge is 0.231 e. The first-order valence-corrected chi connectivity index (χ1v) is 6.20. The van der Waals surface area contributed by atoms with Crippen LogP contribution in [0.15, 0.2) is 41.7 Å². The molecule has 1 aromatic heterocycles. The molecule has 0 aliphatic rings.